The SMILES string of the molecule is Cc1nn(Cc2ccccc2)c(C)c1CNC(=O)C1=CC=CN2CCS(=O)(=O)N=C12. The molecule has 0 saturated carbocycles. The number of hydrogen-bond acceptors (Lipinski definition) is 5. The molecule has 1 N–H and O–H groups in total. The van der Waals surface area contributed by atoms with Gasteiger partial charge >= 0.3 is 0 Å². The van der Waals surface area contributed by atoms with Crippen molar-refractivity contribution in [3.05, 3.63) is 76.8 Å². The van der Waals surface area contributed by atoms with Crippen LogP contribution in [0.5, 0.6) is 0 Å². The van der Waals surface area contributed by atoms with Gasteiger partial charge in [-0.25, -0.2) is 8.42 Å². The van der Waals surface area contributed by atoms with Gasteiger partial charge in [0.15, 0.2) is 5.84 Å². The van der Waals surface area contributed by atoms with Gasteiger partial charge in [-0.1, -0.05) is 30.3 Å². The van der Waals surface area contributed by atoms with Crippen LogP contribution in [0.3, 0.4) is 0 Å². The van der Waals surface area contributed by atoms with E-state index in [-0.39, 0.29) is 29.6 Å². The van der Waals surface area contributed by atoms with Gasteiger partial charge in [0.25, 0.3) is 15.9 Å². The van der Waals surface area contributed by atoms with E-state index in [1.807, 2.05) is 48.9 Å². The normalized spacial score (nSPS) is 17.2. The molecule has 0 atom stereocenters. The lowest BCUT2D eigenvalue weighted by atomic mass is 10.1. The summed E-state index contributed by atoms with van der Waals surface area (Å²) in [6.07, 6.45) is 5.04. The fraction of sp³-hybridized carbons (Fsp3) is 0.286. The third-order valence-electron chi connectivity index (χ3n) is 5.23. The van der Waals surface area contributed by atoms with Crippen LogP contribution in [0.2, 0.25) is 0 Å². The summed E-state index contributed by atoms with van der Waals surface area (Å²) in [4.78, 5) is 14.5. The minimum absolute atomic E-state index is 0.0608. The molecule has 1 amide bonds. The van der Waals surface area contributed by atoms with Gasteiger partial charge in [-0.3, -0.25) is 9.48 Å². The molecule has 156 valence electrons. The Kier molecular flexibility index (Phi) is 5.29. The van der Waals surface area contributed by atoms with Crippen LogP contribution in [0.15, 0.2) is 58.7 Å². The van der Waals surface area contributed by atoms with Crippen LogP contribution >= 0.6 is 0 Å². The van der Waals surface area contributed by atoms with E-state index in [0.29, 0.717) is 13.1 Å². The Morgan fingerprint density at radius 2 is 1.97 bits per heavy atom. The van der Waals surface area contributed by atoms with Crippen molar-refractivity contribution in [3.63, 3.8) is 0 Å². The van der Waals surface area contributed by atoms with Crippen molar-refractivity contribution in [2.24, 2.45) is 4.40 Å². The number of nitrogens with zero attached hydrogens (tertiary/aromatic N) is 4. The van der Waals surface area contributed by atoms with Gasteiger partial charge in [0.1, 0.15) is 0 Å². The van der Waals surface area contributed by atoms with Crippen molar-refractivity contribution >= 4 is 21.8 Å². The van der Waals surface area contributed by atoms with E-state index in [1.54, 1.807) is 23.3 Å². The highest BCUT2D eigenvalue weighted by Gasteiger charge is 2.30. The molecule has 9 heteroatoms. The second-order valence-corrected chi connectivity index (χ2v) is 9.05. The Bertz CT molecular complexity index is 1180. The van der Waals surface area contributed by atoms with Crippen LogP contribution in [-0.2, 0) is 27.9 Å². The zero-order chi connectivity index (χ0) is 21.3. The van der Waals surface area contributed by atoms with Crippen LogP contribution < -0.4 is 5.32 Å². The molecule has 1 aromatic carbocycles. The van der Waals surface area contributed by atoms with Crippen molar-refractivity contribution in [1.82, 2.24) is 20.0 Å². The zero-order valence-electron chi connectivity index (χ0n) is 16.9. The lowest BCUT2D eigenvalue weighted by Crippen LogP contribution is -2.42. The molecule has 4 rings (SSSR count). The Labute approximate surface area is 175 Å². The predicted molar refractivity (Wildman–Crippen MR) is 114 cm³/mol. The molecule has 2 aliphatic rings. The van der Waals surface area contributed by atoms with Gasteiger partial charge in [-0.15, -0.1) is 4.40 Å². The summed E-state index contributed by atoms with van der Waals surface area (Å²) in [7, 11) is -3.55. The first-order valence-corrected chi connectivity index (χ1v) is 11.3. The molecule has 2 aromatic rings. The second-order valence-electron chi connectivity index (χ2n) is 7.29. The Hall–Kier alpha value is -3.20. The topological polar surface area (TPSA) is 96.7 Å². The number of benzene rings is 1. The van der Waals surface area contributed by atoms with E-state index >= 15 is 0 Å². The molecule has 8 nitrogen and oxygen atoms in total. The van der Waals surface area contributed by atoms with Crippen LogP contribution in [0.1, 0.15) is 22.5 Å². The highest BCUT2D eigenvalue weighted by molar-refractivity contribution is 7.90. The van der Waals surface area contributed by atoms with Crippen molar-refractivity contribution in [2.75, 3.05) is 12.3 Å². The molecule has 2 aliphatic heterocycles. The fourth-order valence-corrected chi connectivity index (χ4v) is 4.54. The predicted octanol–water partition coefficient (Wildman–Crippen LogP) is 1.66. The van der Waals surface area contributed by atoms with Crippen molar-refractivity contribution in [1.29, 1.82) is 0 Å². The number of carbonyl (C=O) groups excluding carboxylic acids is 1. The number of fused-ring (bicyclic) bond motifs is 1. The van der Waals surface area contributed by atoms with Crippen LogP contribution in [0.25, 0.3) is 0 Å². The molecule has 0 radical (unpaired) electrons. The zero-order valence-corrected chi connectivity index (χ0v) is 17.7. The Balaban J connectivity index is 1.50. The Morgan fingerprint density at radius 3 is 2.73 bits per heavy atom. The second kappa shape index (κ2) is 7.91. The summed E-state index contributed by atoms with van der Waals surface area (Å²) in [5.74, 6) is -0.251. The molecular formula is C21H23N5O3S. The third kappa shape index (κ3) is 4.06. The number of amidine groups is 1. The first-order valence-electron chi connectivity index (χ1n) is 9.67. The minimum Gasteiger partial charge on any atom is -0.348 e. The van der Waals surface area contributed by atoms with Gasteiger partial charge in [0, 0.05) is 30.5 Å². The van der Waals surface area contributed by atoms with Crippen molar-refractivity contribution in [3.8, 4) is 0 Å². The number of sulfonamides is 1. The summed E-state index contributed by atoms with van der Waals surface area (Å²) in [6.45, 7) is 5.13. The molecule has 3 heterocycles. The number of carbonyl (C=O) groups is 1. The van der Waals surface area contributed by atoms with Gasteiger partial charge < -0.3 is 10.2 Å². The van der Waals surface area contributed by atoms with E-state index in [0.717, 1.165) is 22.5 Å². The standard InChI is InChI=1S/C21H23N5O3S/c1-15-19(16(2)26(23-15)14-17-7-4-3-5-8-17)13-22-21(27)18-9-6-10-25-11-12-30(28,29)24-20(18)25/h3-10H,11-14H2,1-2H3,(H,22,27). The summed E-state index contributed by atoms with van der Waals surface area (Å²) in [5, 5.41) is 7.50. The summed E-state index contributed by atoms with van der Waals surface area (Å²) in [6, 6.07) is 10.1. The highest BCUT2D eigenvalue weighted by atomic mass is 32.2. The summed E-state index contributed by atoms with van der Waals surface area (Å²) in [5.41, 5.74) is 4.16. The minimum atomic E-state index is -3.55. The lowest BCUT2D eigenvalue weighted by Gasteiger charge is -2.28. The van der Waals surface area contributed by atoms with Crippen molar-refractivity contribution in [2.45, 2.75) is 26.9 Å². The average Bonchev–Trinajstić information content (AvgIpc) is 2.98. The van der Waals surface area contributed by atoms with E-state index in [4.69, 9.17) is 0 Å². The molecule has 0 aliphatic carbocycles. The molecule has 1 aromatic heterocycles. The lowest BCUT2D eigenvalue weighted by molar-refractivity contribution is -0.117. The molecule has 0 saturated heterocycles. The molecule has 0 spiro atoms. The molecule has 0 bridgehead atoms. The monoisotopic (exact) mass is 425 g/mol. The fourth-order valence-electron chi connectivity index (χ4n) is 3.56. The number of hydrogen-bond donors (Lipinski definition) is 1. The Morgan fingerprint density at radius 1 is 1.20 bits per heavy atom. The first kappa shape index (κ1) is 20.1. The van der Waals surface area contributed by atoms with Gasteiger partial charge in [-0.05, 0) is 31.6 Å². The highest BCUT2D eigenvalue weighted by Crippen LogP contribution is 2.19. The molecular weight excluding hydrogens is 402 g/mol. The van der Waals surface area contributed by atoms with E-state index in [1.165, 1.54) is 0 Å². The van der Waals surface area contributed by atoms with Crippen LogP contribution in [0, 0.1) is 13.8 Å². The molecule has 30 heavy (non-hydrogen) atoms. The summed E-state index contributed by atoms with van der Waals surface area (Å²) >= 11 is 0. The summed E-state index contributed by atoms with van der Waals surface area (Å²) < 4.78 is 29.5. The maximum Gasteiger partial charge on any atom is 0.256 e. The largest absolute Gasteiger partial charge is 0.348 e. The smallest absolute Gasteiger partial charge is 0.256 e. The molecule has 0 unspecified atom stereocenters. The van der Waals surface area contributed by atoms with E-state index in [2.05, 4.69) is 14.8 Å². The van der Waals surface area contributed by atoms with Crippen molar-refractivity contribution < 1.29 is 13.2 Å². The third-order valence-corrected chi connectivity index (χ3v) is 6.38. The maximum absolute atomic E-state index is 12.8. The number of amides is 1. The van der Waals surface area contributed by atoms with Gasteiger partial charge in [0.05, 0.1) is 23.6 Å². The number of aryl methyl sites for hydroxylation is 1. The van der Waals surface area contributed by atoms with Crippen LogP contribution in [-0.4, -0.2) is 47.1 Å². The number of nitrogens with one attached hydrogen (secondary N) is 1. The quantitative estimate of drug-likeness (QED) is 0.786. The van der Waals surface area contributed by atoms with E-state index in [9.17, 15) is 13.2 Å². The van der Waals surface area contributed by atoms with Crippen LogP contribution in [0.4, 0.5) is 0 Å². The molecule has 0 fully saturated rings. The van der Waals surface area contributed by atoms with E-state index < -0.39 is 10.0 Å². The average molecular weight is 426 g/mol. The van der Waals surface area contributed by atoms with Gasteiger partial charge in [0.2, 0.25) is 0 Å². The number of aromatic nitrogens is 2. The number of rotatable bonds is 5. The maximum atomic E-state index is 12.8. The number of allylic oxidation sites excluding steroid dienone is 2. The first-order chi connectivity index (χ1) is 14.3. The van der Waals surface area contributed by atoms with Gasteiger partial charge in [-0.2, -0.15) is 5.10 Å².